The Morgan fingerprint density at radius 1 is 1.36 bits per heavy atom. The summed E-state index contributed by atoms with van der Waals surface area (Å²) in [6.07, 6.45) is 3.90. The molecule has 7 heteroatoms. The first kappa shape index (κ1) is 15.2. The molecule has 5 nitrogen and oxygen atoms in total. The summed E-state index contributed by atoms with van der Waals surface area (Å²) in [5, 5.41) is 0.448. The van der Waals surface area contributed by atoms with Crippen molar-refractivity contribution in [3.63, 3.8) is 0 Å². The van der Waals surface area contributed by atoms with Gasteiger partial charge in [0.2, 0.25) is 0 Å². The molecule has 114 valence electrons. The van der Waals surface area contributed by atoms with Gasteiger partial charge in [0.1, 0.15) is 6.10 Å². The molecule has 0 radical (unpaired) electrons. The van der Waals surface area contributed by atoms with Gasteiger partial charge in [-0.25, -0.2) is 9.97 Å². The molecule has 1 aliphatic rings. The van der Waals surface area contributed by atoms with E-state index in [1.54, 1.807) is 35.5 Å². The second kappa shape index (κ2) is 6.62. The molecule has 0 spiro atoms. The van der Waals surface area contributed by atoms with Crippen LogP contribution < -0.4 is 4.74 Å². The molecule has 0 unspecified atom stereocenters. The van der Waals surface area contributed by atoms with Crippen LogP contribution in [0.1, 0.15) is 16.8 Å². The van der Waals surface area contributed by atoms with Gasteiger partial charge in [0.25, 0.3) is 5.91 Å². The molecule has 2 aromatic rings. The Morgan fingerprint density at radius 2 is 2.14 bits per heavy atom. The Kier molecular flexibility index (Phi) is 4.59. The van der Waals surface area contributed by atoms with E-state index in [-0.39, 0.29) is 12.0 Å². The van der Waals surface area contributed by atoms with Crippen LogP contribution in [-0.4, -0.2) is 40.0 Å². The maximum Gasteiger partial charge on any atom is 0.316 e. The van der Waals surface area contributed by atoms with E-state index in [0.29, 0.717) is 29.7 Å². The predicted octanol–water partition coefficient (Wildman–Crippen LogP) is 3.19. The number of halogens is 2. The van der Waals surface area contributed by atoms with Crippen LogP contribution in [0.4, 0.5) is 0 Å². The highest BCUT2D eigenvalue weighted by Crippen LogP contribution is 2.24. The Bertz CT molecular complexity index is 684. The van der Waals surface area contributed by atoms with Crippen LogP contribution >= 0.6 is 27.5 Å². The summed E-state index contributed by atoms with van der Waals surface area (Å²) >= 11 is 9.47. The molecule has 1 aromatic heterocycles. The van der Waals surface area contributed by atoms with Gasteiger partial charge < -0.3 is 9.64 Å². The van der Waals surface area contributed by atoms with Gasteiger partial charge >= 0.3 is 6.01 Å². The maximum absolute atomic E-state index is 12.6. The first-order valence-corrected chi connectivity index (χ1v) is 7.98. The molecular formula is C15H13BrClN3O2. The Labute approximate surface area is 141 Å². The molecule has 1 saturated heterocycles. The minimum Gasteiger partial charge on any atom is -0.458 e. The average molecular weight is 383 g/mol. The van der Waals surface area contributed by atoms with Gasteiger partial charge in [-0.05, 0) is 24.3 Å². The molecule has 1 aromatic carbocycles. The number of benzene rings is 1. The lowest BCUT2D eigenvalue weighted by Crippen LogP contribution is -2.31. The normalized spacial score (nSPS) is 17.5. The zero-order valence-electron chi connectivity index (χ0n) is 11.6. The fraction of sp³-hybridized carbons (Fsp3) is 0.267. The highest BCUT2D eigenvalue weighted by Gasteiger charge is 2.29. The number of aromatic nitrogens is 2. The minimum absolute atomic E-state index is 0.0913. The third-order valence-corrected chi connectivity index (χ3v) is 4.23. The molecule has 22 heavy (non-hydrogen) atoms. The molecule has 1 amide bonds. The summed E-state index contributed by atoms with van der Waals surface area (Å²) in [6.45, 7) is 1.12. The van der Waals surface area contributed by atoms with Crippen LogP contribution in [0.25, 0.3) is 0 Å². The second-order valence-electron chi connectivity index (χ2n) is 4.94. The third kappa shape index (κ3) is 3.39. The van der Waals surface area contributed by atoms with Gasteiger partial charge in [-0.1, -0.05) is 27.5 Å². The van der Waals surface area contributed by atoms with Gasteiger partial charge in [0.05, 0.1) is 17.1 Å². The van der Waals surface area contributed by atoms with Crippen molar-refractivity contribution in [3.05, 3.63) is 51.7 Å². The number of likely N-dealkylation sites (tertiary alicyclic amines) is 1. The Morgan fingerprint density at radius 3 is 2.91 bits per heavy atom. The minimum atomic E-state index is -0.0997. The molecule has 0 bridgehead atoms. The fourth-order valence-corrected chi connectivity index (χ4v) is 2.90. The lowest BCUT2D eigenvalue weighted by Gasteiger charge is -2.17. The lowest BCUT2D eigenvalue weighted by molar-refractivity contribution is 0.0770. The number of hydrogen-bond donors (Lipinski definition) is 0. The first-order valence-electron chi connectivity index (χ1n) is 6.81. The smallest absolute Gasteiger partial charge is 0.316 e. The number of hydrogen-bond acceptors (Lipinski definition) is 4. The Hall–Kier alpha value is -1.66. The van der Waals surface area contributed by atoms with E-state index in [2.05, 4.69) is 25.9 Å². The number of carbonyl (C=O) groups is 1. The van der Waals surface area contributed by atoms with Gasteiger partial charge in [-0.3, -0.25) is 4.79 Å². The molecule has 1 atom stereocenters. The van der Waals surface area contributed by atoms with Crippen molar-refractivity contribution < 1.29 is 9.53 Å². The fourth-order valence-electron chi connectivity index (χ4n) is 2.34. The SMILES string of the molecule is O=C(c1cc(Br)ccc1Cl)N1CC[C@@H](Oc2ncccn2)C1. The zero-order chi connectivity index (χ0) is 15.5. The van der Waals surface area contributed by atoms with Gasteiger partial charge in [-0.2, -0.15) is 0 Å². The summed E-state index contributed by atoms with van der Waals surface area (Å²) < 4.78 is 6.51. The monoisotopic (exact) mass is 381 g/mol. The molecule has 3 rings (SSSR count). The molecule has 1 aliphatic heterocycles. The standard InChI is InChI=1S/C15H13BrClN3O2/c16-10-2-3-13(17)12(8-10)14(21)20-7-4-11(9-20)22-15-18-5-1-6-19-15/h1-3,5-6,8,11H,4,7,9H2/t11-/m1/s1. The van der Waals surface area contributed by atoms with Crippen LogP contribution in [0.2, 0.25) is 5.02 Å². The second-order valence-corrected chi connectivity index (χ2v) is 6.26. The van der Waals surface area contributed by atoms with Crippen molar-refractivity contribution in [3.8, 4) is 6.01 Å². The summed E-state index contributed by atoms with van der Waals surface area (Å²) in [7, 11) is 0. The van der Waals surface area contributed by atoms with Crippen molar-refractivity contribution in [1.82, 2.24) is 14.9 Å². The van der Waals surface area contributed by atoms with E-state index in [4.69, 9.17) is 16.3 Å². The number of ether oxygens (including phenoxy) is 1. The van der Waals surface area contributed by atoms with Crippen molar-refractivity contribution in [2.45, 2.75) is 12.5 Å². The van der Waals surface area contributed by atoms with Crippen LogP contribution in [0.3, 0.4) is 0 Å². The molecule has 2 heterocycles. The highest BCUT2D eigenvalue weighted by molar-refractivity contribution is 9.10. The first-order chi connectivity index (χ1) is 10.6. The van der Waals surface area contributed by atoms with E-state index < -0.39 is 0 Å². The molecule has 1 fully saturated rings. The van der Waals surface area contributed by atoms with Gasteiger partial charge in [0, 0.05) is 29.8 Å². The van der Waals surface area contributed by atoms with E-state index in [0.717, 1.165) is 10.9 Å². The largest absolute Gasteiger partial charge is 0.458 e. The van der Waals surface area contributed by atoms with Crippen molar-refractivity contribution in [2.75, 3.05) is 13.1 Å². The number of rotatable bonds is 3. The molecular weight excluding hydrogens is 370 g/mol. The van der Waals surface area contributed by atoms with E-state index >= 15 is 0 Å². The van der Waals surface area contributed by atoms with E-state index in [9.17, 15) is 4.79 Å². The van der Waals surface area contributed by atoms with Crippen LogP contribution in [0.15, 0.2) is 41.1 Å². The lowest BCUT2D eigenvalue weighted by atomic mass is 10.2. The summed E-state index contributed by atoms with van der Waals surface area (Å²) in [4.78, 5) is 22.4. The van der Waals surface area contributed by atoms with Crippen LogP contribution in [0.5, 0.6) is 6.01 Å². The zero-order valence-corrected chi connectivity index (χ0v) is 13.9. The van der Waals surface area contributed by atoms with Gasteiger partial charge in [-0.15, -0.1) is 0 Å². The van der Waals surface area contributed by atoms with Crippen LogP contribution in [-0.2, 0) is 0 Å². The highest BCUT2D eigenvalue weighted by atomic mass is 79.9. The third-order valence-electron chi connectivity index (χ3n) is 3.41. The maximum atomic E-state index is 12.6. The summed E-state index contributed by atoms with van der Waals surface area (Å²) in [6, 6.07) is 7.32. The van der Waals surface area contributed by atoms with E-state index in [1.165, 1.54) is 0 Å². The summed E-state index contributed by atoms with van der Waals surface area (Å²) in [5.74, 6) is -0.0913. The van der Waals surface area contributed by atoms with Crippen molar-refractivity contribution >= 4 is 33.4 Å². The quantitative estimate of drug-likeness (QED) is 0.818. The predicted molar refractivity (Wildman–Crippen MR) is 86.1 cm³/mol. The van der Waals surface area contributed by atoms with Crippen LogP contribution in [0, 0.1) is 0 Å². The van der Waals surface area contributed by atoms with Crippen molar-refractivity contribution in [2.24, 2.45) is 0 Å². The number of amides is 1. The summed E-state index contributed by atoms with van der Waals surface area (Å²) in [5.41, 5.74) is 0.493. The molecule has 0 N–H and O–H groups in total. The molecule has 0 aliphatic carbocycles. The average Bonchev–Trinajstić information content (AvgIpc) is 2.98. The van der Waals surface area contributed by atoms with Crippen molar-refractivity contribution in [1.29, 1.82) is 0 Å². The van der Waals surface area contributed by atoms with E-state index in [1.807, 2.05) is 6.07 Å². The Balaban J connectivity index is 1.67. The number of carbonyl (C=O) groups excluding carboxylic acids is 1. The molecule has 0 saturated carbocycles. The number of nitrogens with zero attached hydrogens (tertiary/aromatic N) is 3. The van der Waals surface area contributed by atoms with Gasteiger partial charge in [0.15, 0.2) is 0 Å². The topological polar surface area (TPSA) is 55.3 Å².